The van der Waals surface area contributed by atoms with E-state index in [1.807, 2.05) is 6.92 Å². The van der Waals surface area contributed by atoms with Crippen LogP contribution in [0.5, 0.6) is 5.75 Å². The predicted molar refractivity (Wildman–Crippen MR) is 86.3 cm³/mol. The third-order valence-electron chi connectivity index (χ3n) is 3.03. The molecule has 0 aliphatic heterocycles. The fraction of sp³-hybridized carbons (Fsp3) is 0.133. The maximum Gasteiger partial charge on any atom is 0.258 e. The quantitative estimate of drug-likeness (QED) is 0.840. The summed E-state index contributed by atoms with van der Waals surface area (Å²) in [6.45, 7) is 2.27. The lowest BCUT2D eigenvalue weighted by atomic mass is 10.1. The summed E-state index contributed by atoms with van der Waals surface area (Å²) in [5.41, 5.74) is 6.84. The second-order valence-electron chi connectivity index (χ2n) is 4.42. The second kappa shape index (κ2) is 6.24. The largest absolute Gasteiger partial charge is 0.508 e. The van der Waals surface area contributed by atoms with E-state index in [0.717, 1.165) is 0 Å². The first-order valence-corrected chi connectivity index (χ1v) is 7.05. The van der Waals surface area contributed by atoms with Gasteiger partial charge in [0.05, 0.1) is 15.7 Å². The van der Waals surface area contributed by atoms with Gasteiger partial charge in [0.25, 0.3) is 5.91 Å². The number of hydrogen-bond donors (Lipinski definition) is 2. The van der Waals surface area contributed by atoms with E-state index in [0.29, 0.717) is 17.8 Å². The van der Waals surface area contributed by atoms with E-state index in [4.69, 9.17) is 28.9 Å². The van der Waals surface area contributed by atoms with Crippen molar-refractivity contribution in [1.82, 2.24) is 0 Å². The van der Waals surface area contributed by atoms with Crippen molar-refractivity contribution in [2.24, 2.45) is 0 Å². The molecule has 2 rings (SSSR count). The highest BCUT2D eigenvalue weighted by Gasteiger charge is 2.18. The molecule has 0 fully saturated rings. The molecule has 21 heavy (non-hydrogen) atoms. The molecule has 0 aliphatic carbocycles. The Bertz CT molecular complexity index is 666. The number of phenols is 1. The van der Waals surface area contributed by atoms with Crippen LogP contribution in [0.1, 0.15) is 17.3 Å². The molecule has 0 aliphatic rings. The molecule has 0 saturated carbocycles. The van der Waals surface area contributed by atoms with E-state index in [-0.39, 0.29) is 27.4 Å². The summed E-state index contributed by atoms with van der Waals surface area (Å²) in [6.07, 6.45) is 0. The van der Waals surface area contributed by atoms with E-state index in [9.17, 15) is 9.90 Å². The summed E-state index contributed by atoms with van der Waals surface area (Å²) in [6, 6.07) is 9.43. The lowest BCUT2D eigenvalue weighted by Crippen LogP contribution is -2.30. The van der Waals surface area contributed by atoms with Crippen molar-refractivity contribution in [3.8, 4) is 5.75 Å². The Balaban J connectivity index is 2.41. The summed E-state index contributed by atoms with van der Waals surface area (Å²) in [4.78, 5) is 14.1. The minimum Gasteiger partial charge on any atom is -0.508 e. The Labute approximate surface area is 132 Å². The molecule has 0 bridgehead atoms. The smallest absolute Gasteiger partial charge is 0.258 e. The van der Waals surface area contributed by atoms with Crippen LogP contribution in [-0.4, -0.2) is 17.6 Å². The standard InChI is InChI=1S/C15H14Cl2N2O2/c1-2-19(10-4-3-5-11(20)8-10)15(21)9-6-12(16)14(18)13(17)7-9/h3-8,20H,2,18H2,1H3. The van der Waals surface area contributed by atoms with Crippen LogP contribution in [0, 0.1) is 0 Å². The lowest BCUT2D eigenvalue weighted by molar-refractivity contribution is 0.0988. The second-order valence-corrected chi connectivity index (χ2v) is 5.24. The van der Waals surface area contributed by atoms with Crippen LogP contribution in [0.15, 0.2) is 36.4 Å². The molecule has 1 amide bonds. The maximum absolute atomic E-state index is 12.6. The summed E-state index contributed by atoms with van der Waals surface area (Å²) < 4.78 is 0. The van der Waals surface area contributed by atoms with Crippen molar-refractivity contribution in [3.05, 3.63) is 52.0 Å². The number of halogens is 2. The first kappa shape index (κ1) is 15.5. The Morgan fingerprint density at radius 2 is 1.86 bits per heavy atom. The molecular weight excluding hydrogens is 311 g/mol. The third kappa shape index (κ3) is 3.23. The van der Waals surface area contributed by atoms with E-state index in [2.05, 4.69) is 0 Å². The number of benzene rings is 2. The molecule has 110 valence electrons. The van der Waals surface area contributed by atoms with Crippen molar-refractivity contribution < 1.29 is 9.90 Å². The number of phenolic OH excluding ortho intramolecular Hbond substituents is 1. The first-order valence-electron chi connectivity index (χ1n) is 6.29. The van der Waals surface area contributed by atoms with E-state index in [1.54, 1.807) is 18.2 Å². The fourth-order valence-electron chi connectivity index (χ4n) is 1.97. The zero-order valence-corrected chi connectivity index (χ0v) is 12.8. The molecule has 2 aromatic carbocycles. The summed E-state index contributed by atoms with van der Waals surface area (Å²) in [5.74, 6) is -0.181. The van der Waals surface area contributed by atoms with Gasteiger partial charge >= 0.3 is 0 Å². The van der Waals surface area contributed by atoms with Gasteiger partial charge in [-0.15, -0.1) is 0 Å². The van der Waals surface area contributed by atoms with Crippen LogP contribution in [0.25, 0.3) is 0 Å². The van der Waals surface area contributed by atoms with E-state index in [1.165, 1.54) is 23.1 Å². The summed E-state index contributed by atoms with van der Waals surface area (Å²) >= 11 is 11.9. The highest BCUT2D eigenvalue weighted by Crippen LogP contribution is 2.30. The number of anilines is 2. The number of aromatic hydroxyl groups is 1. The van der Waals surface area contributed by atoms with Crippen LogP contribution < -0.4 is 10.6 Å². The normalized spacial score (nSPS) is 10.4. The number of carbonyl (C=O) groups excluding carboxylic acids is 1. The Kier molecular flexibility index (Phi) is 4.60. The fourth-order valence-corrected chi connectivity index (χ4v) is 2.46. The van der Waals surface area contributed by atoms with Crippen molar-refractivity contribution in [3.63, 3.8) is 0 Å². The van der Waals surface area contributed by atoms with Crippen LogP contribution in [0.4, 0.5) is 11.4 Å². The number of rotatable bonds is 3. The molecule has 0 radical (unpaired) electrons. The van der Waals surface area contributed by atoms with Crippen LogP contribution in [0.3, 0.4) is 0 Å². The Morgan fingerprint density at radius 1 is 1.24 bits per heavy atom. The number of nitrogens with zero attached hydrogens (tertiary/aromatic N) is 1. The number of hydrogen-bond acceptors (Lipinski definition) is 3. The Hall–Kier alpha value is -1.91. The van der Waals surface area contributed by atoms with Crippen LogP contribution in [-0.2, 0) is 0 Å². The number of amides is 1. The molecule has 4 nitrogen and oxygen atoms in total. The Morgan fingerprint density at radius 3 is 2.38 bits per heavy atom. The molecule has 0 heterocycles. The van der Waals surface area contributed by atoms with Gasteiger partial charge in [-0.2, -0.15) is 0 Å². The van der Waals surface area contributed by atoms with Gasteiger partial charge in [-0.05, 0) is 31.2 Å². The molecule has 0 saturated heterocycles. The third-order valence-corrected chi connectivity index (χ3v) is 3.65. The molecule has 0 atom stereocenters. The molecule has 0 spiro atoms. The minimum absolute atomic E-state index is 0.0899. The molecule has 6 heteroatoms. The van der Waals surface area contributed by atoms with Crippen molar-refractivity contribution >= 4 is 40.5 Å². The van der Waals surface area contributed by atoms with Gasteiger partial charge in [0.15, 0.2) is 0 Å². The van der Waals surface area contributed by atoms with Gasteiger partial charge in [-0.1, -0.05) is 29.3 Å². The number of nitrogen functional groups attached to an aromatic ring is 1. The first-order chi connectivity index (χ1) is 9.93. The highest BCUT2D eigenvalue weighted by atomic mass is 35.5. The SMILES string of the molecule is CCN(C(=O)c1cc(Cl)c(N)c(Cl)c1)c1cccc(O)c1. The summed E-state index contributed by atoms with van der Waals surface area (Å²) in [7, 11) is 0. The highest BCUT2D eigenvalue weighted by molar-refractivity contribution is 6.39. The minimum atomic E-state index is -0.271. The van der Waals surface area contributed by atoms with E-state index < -0.39 is 0 Å². The van der Waals surface area contributed by atoms with Gasteiger partial charge in [0.2, 0.25) is 0 Å². The van der Waals surface area contributed by atoms with Gasteiger partial charge in [0, 0.05) is 23.9 Å². The zero-order chi connectivity index (χ0) is 15.6. The van der Waals surface area contributed by atoms with E-state index >= 15 is 0 Å². The number of nitrogens with two attached hydrogens (primary N) is 1. The van der Waals surface area contributed by atoms with Gasteiger partial charge in [-0.25, -0.2) is 0 Å². The topological polar surface area (TPSA) is 66.6 Å². The molecule has 2 aromatic rings. The average Bonchev–Trinajstić information content (AvgIpc) is 2.45. The lowest BCUT2D eigenvalue weighted by Gasteiger charge is -2.21. The van der Waals surface area contributed by atoms with Crippen molar-refractivity contribution in [1.29, 1.82) is 0 Å². The van der Waals surface area contributed by atoms with Crippen LogP contribution >= 0.6 is 23.2 Å². The van der Waals surface area contributed by atoms with Crippen LogP contribution in [0.2, 0.25) is 10.0 Å². The maximum atomic E-state index is 12.6. The zero-order valence-electron chi connectivity index (χ0n) is 11.3. The average molecular weight is 325 g/mol. The molecule has 3 N–H and O–H groups in total. The van der Waals surface area contributed by atoms with Gasteiger partial charge in [0.1, 0.15) is 5.75 Å². The van der Waals surface area contributed by atoms with Gasteiger partial charge < -0.3 is 15.7 Å². The predicted octanol–water partition coefficient (Wildman–Crippen LogP) is 3.95. The summed E-state index contributed by atoms with van der Waals surface area (Å²) in [5, 5.41) is 10.0. The molecule has 0 unspecified atom stereocenters. The van der Waals surface area contributed by atoms with Crippen molar-refractivity contribution in [2.75, 3.05) is 17.2 Å². The molecule has 0 aromatic heterocycles. The number of carbonyl (C=O) groups is 1. The van der Waals surface area contributed by atoms with Crippen molar-refractivity contribution in [2.45, 2.75) is 6.92 Å². The monoisotopic (exact) mass is 324 g/mol. The van der Waals surface area contributed by atoms with Gasteiger partial charge in [-0.3, -0.25) is 4.79 Å². The molecular formula is C15H14Cl2N2O2.